The lowest BCUT2D eigenvalue weighted by atomic mass is 9.81. The van der Waals surface area contributed by atoms with E-state index in [0.717, 1.165) is 24.9 Å². The lowest BCUT2D eigenvalue weighted by Gasteiger charge is -2.40. The minimum absolute atomic E-state index is 0.0273. The second kappa shape index (κ2) is 6.97. The van der Waals surface area contributed by atoms with Crippen molar-refractivity contribution in [1.82, 2.24) is 10.6 Å². The van der Waals surface area contributed by atoms with Gasteiger partial charge in [0.25, 0.3) is 0 Å². The molecular formula is C18H25FN2O2. The fraction of sp³-hybridized carbons (Fsp3) is 0.611. The number of hydrogen-bond donors (Lipinski definition) is 2. The second-order valence-corrected chi connectivity index (χ2v) is 6.77. The van der Waals surface area contributed by atoms with Crippen LogP contribution in [-0.4, -0.2) is 31.7 Å². The molecule has 0 spiro atoms. The van der Waals surface area contributed by atoms with Crippen LogP contribution < -0.4 is 10.6 Å². The molecule has 2 saturated heterocycles. The lowest BCUT2D eigenvalue weighted by molar-refractivity contribution is -0.129. The molecule has 0 saturated carbocycles. The summed E-state index contributed by atoms with van der Waals surface area (Å²) in [4.78, 5) is 12.8. The van der Waals surface area contributed by atoms with Crippen molar-refractivity contribution < 1.29 is 13.9 Å². The van der Waals surface area contributed by atoms with E-state index >= 15 is 0 Å². The third-order valence-electron chi connectivity index (χ3n) is 5.08. The number of ether oxygens (including phenoxy) is 1. The quantitative estimate of drug-likeness (QED) is 0.899. The predicted molar refractivity (Wildman–Crippen MR) is 86.5 cm³/mol. The number of halogens is 1. The molecule has 126 valence electrons. The zero-order valence-electron chi connectivity index (χ0n) is 13.6. The van der Waals surface area contributed by atoms with Crippen LogP contribution in [0, 0.1) is 11.7 Å². The third kappa shape index (κ3) is 3.72. The van der Waals surface area contributed by atoms with E-state index < -0.39 is 5.54 Å². The Bertz CT molecular complexity index is 558. The Morgan fingerprint density at radius 2 is 2.17 bits per heavy atom. The highest BCUT2D eigenvalue weighted by atomic mass is 19.1. The molecule has 2 heterocycles. The van der Waals surface area contributed by atoms with Gasteiger partial charge in [0.05, 0.1) is 5.54 Å². The van der Waals surface area contributed by atoms with Gasteiger partial charge in [-0.05, 0) is 56.8 Å². The van der Waals surface area contributed by atoms with E-state index in [9.17, 15) is 9.18 Å². The Labute approximate surface area is 136 Å². The minimum atomic E-state index is -0.508. The molecule has 23 heavy (non-hydrogen) atoms. The SMILES string of the molecule is C[C@H]1C[C@@H](C(=O)NC2(c3cccc(F)c3)CCOCC2)CCN1. The first-order chi connectivity index (χ1) is 11.1. The van der Waals surface area contributed by atoms with Gasteiger partial charge in [-0.25, -0.2) is 4.39 Å². The third-order valence-corrected chi connectivity index (χ3v) is 5.08. The van der Waals surface area contributed by atoms with Gasteiger partial charge in [0.15, 0.2) is 0 Å². The van der Waals surface area contributed by atoms with E-state index in [1.54, 1.807) is 6.07 Å². The van der Waals surface area contributed by atoms with Gasteiger partial charge in [0.2, 0.25) is 5.91 Å². The van der Waals surface area contributed by atoms with Gasteiger partial charge in [-0.3, -0.25) is 4.79 Å². The van der Waals surface area contributed by atoms with Gasteiger partial charge in [-0.15, -0.1) is 0 Å². The molecule has 2 atom stereocenters. The van der Waals surface area contributed by atoms with Crippen molar-refractivity contribution in [3.05, 3.63) is 35.6 Å². The molecule has 2 aliphatic rings. The van der Waals surface area contributed by atoms with Crippen molar-refractivity contribution >= 4 is 5.91 Å². The molecule has 3 rings (SSSR count). The van der Waals surface area contributed by atoms with Crippen molar-refractivity contribution in [3.63, 3.8) is 0 Å². The van der Waals surface area contributed by atoms with Gasteiger partial charge in [0.1, 0.15) is 5.82 Å². The predicted octanol–water partition coefficient (Wildman–Crippen LogP) is 2.34. The Kier molecular flexibility index (Phi) is 4.97. The molecule has 2 N–H and O–H groups in total. The molecule has 4 nitrogen and oxygen atoms in total. The largest absolute Gasteiger partial charge is 0.381 e. The van der Waals surface area contributed by atoms with Crippen molar-refractivity contribution in [2.75, 3.05) is 19.8 Å². The minimum Gasteiger partial charge on any atom is -0.381 e. The number of rotatable bonds is 3. The van der Waals surface area contributed by atoms with Crippen LogP contribution in [0.5, 0.6) is 0 Å². The Balaban J connectivity index is 1.80. The molecule has 0 unspecified atom stereocenters. The molecule has 0 aromatic heterocycles. The maximum Gasteiger partial charge on any atom is 0.223 e. The van der Waals surface area contributed by atoms with Crippen molar-refractivity contribution in [1.29, 1.82) is 0 Å². The molecule has 1 aromatic carbocycles. The summed E-state index contributed by atoms with van der Waals surface area (Å²) >= 11 is 0. The highest BCUT2D eigenvalue weighted by Crippen LogP contribution is 2.33. The van der Waals surface area contributed by atoms with Gasteiger partial charge in [-0.1, -0.05) is 12.1 Å². The Morgan fingerprint density at radius 1 is 1.39 bits per heavy atom. The molecule has 1 amide bonds. The van der Waals surface area contributed by atoms with Crippen LogP contribution in [0.4, 0.5) is 4.39 Å². The van der Waals surface area contributed by atoms with Crippen molar-refractivity contribution in [3.8, 4) is 0 Å². The first-order valence-electron chi connectivity index (χ1n) is 8.48. The number of carbonyl (C=O) groups is 1. The highest BCUT2D eigenvalue weighted by Gasteiger charge is 2.38. The Morgan fingerprint density at radius 3 is 2.87 bits per heavy atom. The monoisotopic (exact) mass is 320 g/mol. The summed E-state index contributed by atoms with van der Waals surface area (Å²) in [6.07, 6.45) is 3.07. The number of nitrogens with one attached hydrogen (secondary N) is 2. The maximum absolute atomic E-state index is 13.7. The van der Waals surface area contributed by atoms with E-state index in [0.29, 0.717) is 32.1 Å². The van der Waals surface area contributed by atoms with E-state index in [4.69, 9.17) is 4.74 Å². The fourth-order valence-electron chi connectivity index (χ4n) is 3.70. The zero-order valence-corrected chi connectivity index (χ0v) is 13.6. The van der Waals surface area contributed by atoms with E-state index in [2.05, 4.69) is 17.6 Å². The van der Waals surface area contributed by atoms with Crippen LogP contribution >= 0.6 is 0 Å². The second-order valence-electron chi connectivity index (χ2n) is 6.77. The number of amides is 1. The summed E-state index contributed by atoms with van der Waals surface area (Å²) in [6.45, 7) is 4.14. The summed E-state index contributed by atoms with van der Waals surface area (Å²) in [6, 6.07) is 6.95. The summed E-state index contributed by atoms with van der Waals surface area (Å²) < 4.78 is 19.1. The van der Waals surface area contributed by atoms with Gasteiger partial charge in [-0.2, -0.15) is 0 Å². The summed E-state index contributed by atoms with van der Waals surface area (Å²) in [7, 11) is 0. The van der Waals surface area contributed by atoms with Gasteiger partial charge < -0.3 is 15.4 Å². The normalized spacial score (nSPS) is 27.4. The van der Waals surface area contributed by atoms with Crippen LogP contribution in [0.25, 0.3) is 0 Å². The first-order valence-corrected chi connectivity index (χ1v) is 8.48. The number of piperidine rings is 1. The molecule has 0 radical (unpaired) electrons. The first kappa shape index (κ1) is 16.4. The molecule has 0 aliphatic carbocycles. The topological polar surface area (TPSA) is 50.4 Å². The van der Waals surface area contributed by atoms with Crippen LogP contribution in [-0.2, 0) is 15.1 Å². The number of benzene rings is 1. The van der Waals surface area contributed by atoms with Crippen LogP contribution in [0.15, 0.2) is 24.3 Å². The van der Waals surface area contributed by atoms with Crippen molar-refractivity contribution in [2.24, 2.45) is 5.92 Å². The smallest absolute Gasteiger partial charge is 0.223 e. The molecule has 2 aliphatic heterocycles. The number of hydrogen-bond acceptors (Lipinski definition) is 3. The standard InChI is InChI=1S/C18H25FN2O2/c1-13-11-14(5-8-20-13)17(22)21-18(6-9-23-10-7-18)15-3-2-4-16(19)12-15/h2-4,12-14,20H,5-11H2,1H3,(H,21,22)/t13-,14-/m0/s1. The van der Waals surface area contributed by atoms with Crippen LogP contribution in [0.3, 0.4) is 0 Å². The Hall–Kier alpha value is -1.46. The van der Waals surface area contributed by atoms with E-state index in [1.165, 1.54) is 12.1 Å². The molecule has 0 bridgehead atoms. The average molecular weight is 320 g/mol. The number of carbonyl (C=O) groups excluding carboxylic acids is 1. The molecule has 2 fully saturated rings. The van der Waals surface area contributed by atoms with Gasteiger partial charge >= 0.3 is 0 Å². The zero-order chi connectivity index (χ0) is 16.3. The average Bonchev–Trinajstić information content (AvgIpc) is 2.56. The lowest BCUT2D eigenvalue weighted by Crippen LogP contribution is -2.53. The van der Waals surface area contributed by atoms with Crippen LogP contribution in [0.1, 0.15) is 38.2 Å². The molecule has 5 heteroatoms. The van der Waals surface area contributed by atoms with Crippen molar-refractivity contribution in [2.45, 2.75) is 44.2 Å². The van der Waals surface area contributed by atoms with Gasteiger partial charge in [0, 0.05) is 25.2 Å². The molecule has 1 aromatic rings. The maximum atomic E-state index is 13.7. The summed E-state index contributed by atoms with van der Waals surface area (Å²) in [5.74, 6) is -0.151. The van der Waals surface area contributed by atoms with E-state index in [1.807, 2.05) is 6.07 Å². The summed E-state index contributed by atoms with van der Waals surface area (Å²) in [5.41, 5.74) is 0.335. The molecular weight excluding hydrogens is 295 g/mol. The van der Waals surface area contributed by atoms with Crippen LogP contribution in [0.2, 0.25) is 0 Å². The van der Waals surface area contributed by atoms with E-state index in [-0.39, 0.29) is 17.6 Å². The fourth-order valence-corrected chi connectivity index (χ4v) is 3.70. The highest BCUT2D eigenvalue weighted by molar-refractivity contribution is 5.80. The summed E-state index contributed by atoms with van der Waals surface area (Å²) in [5, 5.41) is 6.62.